The molecular formula is C3H7OPm. The SMILES string of the molecule is CC(C)[O][Pm]. The fourth-order valence-electron chi connectivity index (χ4n) is 0. The molecule has 0 spiro atoms. The molecule has 0 rings (SSSR count). The van der Waals surface area contributed by atoms with Gasteiger partial charge in [0.1, 0.15) is 0 Å². The average molecular weight is 204 g/mol. The van der Waals surface area contributed by atoms with E-state index in [2.05, 4.69) is 0 Å². The standard InChI is InChI=1S/C3H7O.Pm/c1-3(2)4;/h3H,1-2H3;/q-1;+1. The van der Waals surface area contributed by atoms with Gasteiger partial charge < -0.3 is 0 Å². The van der Waals surface area contributed by atoms with Gasteiger partial charge in [0, 0.05) is 0 Å². The van der Waals surface area contributed by atoms with Crippen LogP contribution in [0.2, 0.25) is 0 Å². The second-order valence-electron chi connectivity index (χ2n) is 1.15. The minimum absolute atomic E-state index is 0.434. The maximum atomic E-state index is 4.86. The van der Waals surface area contributed by atoms with Gasteiger partial charge in [0.25, 0.3) is 0 Å². The summed E-state index contributed by atoms with van der Waals surface area (Å²) in [6.07, 6.45) is 0.434. The molecule has 5 heavy (non-hydrogen) atoms. The van der Waals surface area contributed by atoms with Crippen molar-refractivity contribution in [2.24, 2.45) is 0 Å². The predicted molar refractivity (Wildman–Crippen MR) is 16.2 cm³/mol. The van der Waals surface area contributed by atoms with E-state index in [9.17, 15) is 0 Å². The predicted octanol–water partition coefficient (Wildman–Crippen LogP) is 0.876. The average Bonchev–Trinajstić information content (AvgIpc) is 1.38. The van der Waals surface area contributed by atoms with E-state index in [4.69, 9.17) is 1.12 Å². The molecule has 0 fully saturated rings. The first kappa shape index (κ1) is 6.30. The van der Waals surface area contributed by atoms with Gasteiger partial charge >= 0.3 is 60.0 Å². The Morgan fingerprint density at radius 3 is 1.80 bits per heavy atom. The maximum absolute atomic E-state index is 4.86. The molecule has 0 aromatic heterocycles. The van der Waals surface area contributed by atoms with Crippen molar-refractivity contribution in [1.82, 2.24) is 0 Å². The summed E-state index contributed by atoms with van der Waals surface area (Å²) in [5.41, 5.74) is 0. The second-order valence-corrected chi connectivity index (χ2v) is 1.83. The Hall–Kier alpha value is 1.30. The zero-order chi connectivity index (χ0) is 4.28. The molecule has 0 aromatic rings. The van der Waals surface area contributed by atoms with E-state index in [1.165, 1.54) is 0 Å². The van der Waals surface area contributed by atoms with E-state index in [0.29, 0.717) is 6.10 Å². The molecule has 0 aliphatic carbocycles. The van der Waals surface area contributed by atoms with E-state index in [-0.39, 0.29) is 0 Å². The molecule has 30 valence electrons. The van der Waals surface area contributed by atoms with Gasteiger partial charge in [-0.2, -0.15) is 0 Å². The topological polar surface area (TPSA) is 9.23 Å². The molecule has 0 unspecified atom stereocenters. The van der Waals surface area contributed by atoms with E-state index >= 15 is 0 Å². The van der Waals surface area contributed by atoms with Crippen molar-refractivity contribution >= 4 is 0 Å². The summed E-state index contributed by atoms with van der Waals surface area (Å²) in [6.45, 7) is 4.06. The Balaban J connectivity index is 2.54. The van der Waals surface area contributed by atoms with Crippen molar-refractivity contribution in [2.75, 3.05) is 0 Å². The van der Waals surface area contributed by atoms with Gasteiger partial charge in [-0.25, -0.2) is 0 Å². The molecule has 0 aliphatic heterocycles. The van der Waals surface area contributed by atoms with E-state index in [1.807, 2.05) is 13.8 Å². The van der Waals surface area contributed by atoms with Crippen LogP contribution in [-0.4, -0.2) is 6.10 Å². The molecule has 0 saturated heterocycles. The van der Waals surface area contributed by atoms with Crippen LogP contribution in [-0.2, 0) is 1.12 Å². The molecule has 0 saturated carbocycles. The van der Waals surface area contributed by atoms with E-state index in [0.717, 1.165) is 38.9 Å². The Morgan fingerprint density at radius 1 is 1.60 bits per heavy atom. The number of rotatable bonds is 1. The Labute approximate surface area is 59.4 Å². The van der Waals surface area contributed by atoms with Crippen LogP contribution in [0.1, 0.15) is 13.8 Å². The molecule has 0 bridgehead atoms. The van der Waals surface area contributed by atoms with Gasteiger partial charge in [-0.15, -0.1) is 0 Å². The van der Waals surface area contributed by atoms with Gasteiger partial charge in [-0.05, 0) is 0 Å². The van der Waals surface area contributed by atoms with Gasteiger partial charge in [-0.3, -0.25) is 0 Å². The van der Waals surface area contributed by atoms with E-state index in [1.54, 1.807) is 0 Å². The fourth-order valence-corrected chi connectivity index (χ4v) is 0. The Bertz CT molecular complexity index is 20.9. The monoisotopic (exact) mass is 204 g/mol. The summed E-state index contributed by atoms with van der Waals surface area (Å²) >= 11 is 1.04. The van der Waals surface area contributed by atoms with Crippen LogP contribution in [0.15, 0.2) is 0 Å². The number of hydrogen-bond acceptors (Lipinski definition) is 1. The molecule has 2 heteroatoms. The van der Waals surface area contributed by atoms with Crippen LogP contribution in [0.5, 0.6) is 0 Å². The van der Waals surface area contributed by atoms with Gasteiger partial charge in [0.05, 0.1) is 0 Å². The molecule has 0 N–H and O–H groups in total. The molecule has 0 aliphatic rings. The summed E-state index contributed by atoms with van der Waals surface area (Å²) in [7, 11) is 0. The van der Waals surface area contributed by atoms with Crippen LogP contribution in [0.3, 0.4) is 0 Å². The van der Waals surface area contributed by atoms with Crippen molar-refractivity contribution in [3.63, 3.8) is 0 Å². The third-order valence-corrected chi connectivity index (χ3v) is 1.56. The quantitative estimate of drug-likeness (QED) is 0.616. The molecule has 0 amide bonds. The number of hydrogen-bond donors (Lipinski definition) is 0. The van der Waals surface area contributed by atoms with Crippen molar-refractivity contribution in [1.29, 1.82) is 0 Å². The summed E-state index contributed by atoms with van der Waals surface area (Å²) in [4.78, 5) is 0. The first-order valence-corrected chi connectivity index (χ1v) is 2.74. The van der Waals surface area contributed by atoms with Gasteiger partial charge in [0.2, 0.25) is 0 Å². The van der Waals surface area contributed by atoms with Crippen LogP contribution >= 0.6 is 0 Å². The summed E-state index contributed by atoms with van der Waals surface area (Å²) in [5.74, 6) is 0. The van der Waals surface area contributed by atoms with Gasteiger partial charge in [-0.1, -0.05) is 0 Å². The van der Waals surface area contributed by atoms with E-state index < -0.39 is 0 Å². The summed E-state index contributed by atoms with van der Waals surface area (Å²) < 4.78 is 4.86. The zero-order valence-electron chi connectivity index (χ0n) is 3.43. The minimum atomic E-state index is 0.434. The van der Waals surface area contributed by atoms with Crippen LogP contribution in [0.25, 0.3) is 0 Å². The van der Waals surface area contributed by atoms with Crippen molar-refractivity contribution in [3.05, 3.63) is 0 Å². The van der Waals surface area contributed by atoms with Crippen LogP contribution in [0, 0.1) is 38.9 Å². The molecule has 0 aromatic carbocycles. The third kappa shape index (κ3) is 5.30. The van der Waals surface area contributed by atoms with Crippen LogP contribution in [0.4, 0.5) is 0 Å². The normalized spacial score (nSPS) is 9.40. The second kappa shape index (κ2) is 3.49. The van der Waals surface area contributed by atoms with Gasteiger partial charge in [0.15, 0.2) is 0 Å². The Morgan fingerprint density at radius 2 is 1.80 bits per heavy atom. The molecule has 1 nitrogen and oxygen atoms in total. The molecule has 0 radical (unpaired) electrons. The molecule has 0 atom stereocenters. The first-order valence-electron chi connectivity index (χ1n) is 1.57. The fraction of sp³-hybridized carbons (Fsp3) is 1.00. The van der Waals surface area contributed by atoms with Crippen LogP contribution < -0.4 is 0 Å². The summed E-state index contributed by atoms with van der Waals surface area (Å²) in [6, 6.07) is 0. The first-order chi connectivity index (χ1) is 2.27. The summed E-state index contributed by atoms with van der Waals surface area (Å²) in [5, 5.41) is 0. The Kier molecular flexibility index (Phi) is 4.39. The third-order valence-electron chi connectivity index (χ3n) is 0.211. The van der Waals surface area contributed by atoms with Crippen molar-refractivity contribution < 1.29 is 40.0 Å². The zero-order valence-corrected chi connectivity index (χ0v) is 6.30. The molecule has 0 heterocycles. The molecular weight excluding hydrogens is 197 g/mol. The van der Waals surface area contributed by atoms with Crippen molar-refractivity contribution in [2.45, 2.75) is 20.0 Å². The van der Waals surface area contributed by atoms with Crippen molar-refractivity contribution in [3.8, 4) is 0 Å².